The highest BCUT2D eigenvalue weighted by Gasteiger charge is 2.22. The molecule has 0 fully saturated rings. The zero-order chi connectivity index (χ0) is 19.1. The molecule has 0 heterocycles. The van der Waals surface area contributed by atoms with Gasteiger partial charge < -0.3 is 10.6 Å². The van der Waals surface area contributed by atoms with E-state index in [0.717, 1.165) is 24.0 Å². The second kappa shape index (κ2) is 9.15. The normalized spacial score (nSPS) is 12.0. The Bertz CT molecular complexity index is 824. The first kappa shape index (κ1) is 19.7. The van der Waals surface area contributed by atoms with Crippen LogP contribution >= 0.6 is 0 Å². The van der Waals surface area contributed by atoms with E-state index in [1.165, 1.54) is 0 Å². The lowest BCUT2D eigenvalue weighted by Crippen LogP contribution is -2.38. The molecule has 0 spiro atoms. The summed E-state index contributed by atoms with van der Waals surface area (Å²) < 4.78 is 0. The van der Waals surface area contributed by atoms with Crippen molar-refractivity contribution in [3.05, 3.63) is 55.8 Å². The minimum Gasteiger partial charge on any atom is -0.380 e. The quantitative estimate of drug-likeness (QED) is 0.224. The largest absolute Gasteiger partial charge is 0.380 e. The van der Waals surface area contributed by atoms with Crippen molar-refractivity contribution in [2.24, 2.45) is 0 Å². The zero-order valence-corrected chi connectivity index (χ0v) is 15.1. The van der Waals surface area contributed by atoms with Gasteiger partial charge in [-0.2, -0.15) is 0 Å². The lowest BCUT2D eigenvalue weighted by Gasteiger charge is -2.21. The minimum atomic E-state index is -0.496. The van der Waals surface area contributed by atoms with Crippen LogP contribution in [0.25, 0.3) is 0 Å². The van der Waals surface area contributed by atoms with Gasteiger partial charge in [0.15, 0.2) is 0 Å². The predicted molar refractivity (Wildman–Crippen MR) is 101 cm³/mol. The van der Waals surface area contributed by atoms with E-state index < -0.39 is 16.8 Å². The van der Waals surface area contributed by atoms with Crippen molar-refractivity contribution < 1.29 is 10.0 Å². The van der Waals surface area contributed by atoms with Crippen LogP contribution in [-0.4, -0.2) is 17.7 Å². The smallest absolute Gasteiger partial charge is 0.253 e. The molecule has 1 amide bonds. The molecule has 0 aliphatic rings. The second-order valence-corrected chi connectivity index (χ2v) is 6.40. The van der Waals surface area contributed by atoms with Crippen LogP contribution in [0.15, 0.2) is 33.9 Å². The van der Waals surface area contributed by atoms with E-state index in [2.05, 4.69) is 10.6 Å². The van der Waals surface area contributed by atoms with E-state index in [0.29, 0.717) is 24.3 Å². The van der Waals surface area contributed by atoms with Crippen LogP contribution in [-0.2, 0) is 4.79 Å². The number of benzene rings is 1. The summed E-state index contributed by atoms with van der Waals surface area (Å²) in [5.74, 6) is -0.405. The van der Waals surface area contributed by atoms with Crippen LogP contribution in [0.1, 0.15) is 49.8 Å². The van der Waals surface area contributed by atoms with Gasteiger partial charge in [0.1, 0.15) is 11.4 Å². The lowest BCUT2D eigenvalue weighted by atomic mass is 10.0. The van der Waals surface area contributed by atoms with Gasteiger partial charge in [-0.15, -0.1) is 0 Å². The summed E-state index contributed by atoms with van der Waals surface area (Å²) >= 11 is 0. The number of unbranched alkanes of at least 4 members (excludes halogenated alkanes) is 2. The number of nitrogens with one attached hydrogen (secondary N) is 3. The molecule has 4 N–H and O–H groups in total. The average Bonchev–Trinajstić information content (AvgIpc) is 2.65. The molecule has 0 aromatic heterocycles. The Balaban J connectivity index is 1.87. The Morgan fingerprint density at radius 3 is 2.46 bits per heavy atom. The Morgan fingerprint density at radius 1 is 1.08 bits per heavy atom. The lowest BCUT2D eigenvalue weighted by molar-refractivity contribution is -0.129. The number of hydroxylamine groups is 1. The molecule has 7 nitrogen and oxygen atoms in total. The molecule has 0 bridgehead atoms. The Kier molecular flexibility index (Phi) is 6.91. The van der Waals surface area contributed by atoms with Gasteiger partial charge in [-0.05, 0) is 37.8 Å². The van der Waals surface area contributed by atoms with E-state index in [4.69, 9.17) is 5.21 Å². The minimum absolute atomic E-state index is 0.0861. The molecule has 140 valence electrons. The first-order valence-electron chi connectivity index (χ1n) is 8.78. The maximum absolute atomic E-state index is 11.9. The summed E-state index contributed by atoms with van der Waals surface area (Å²) in [6, 6.07) is 7.82. The number of carbonyl (C=O) groups is 1. The number of rotatable bonds is 10. The van der Waals surface area contributed by atoms with Crippen LogP contribution in [0, 0.1) is 6.92 Å². The first-order chi connectivity index (χ1) is 12.5. The summed E-state index contributed by atoms with van der Waals surface area (Å²) in [5, 5.41) is 14.6. The molecule has 2 aromatic rings. The molecular formula is C19H25N3O4. The zero-order valence-electron chi connectivity index (χ0n) is 15.1. The predicted octanol–water partition coefficient (Wildman–Crippen LogP) is 2.24. The molecule has 1 atom stereocenters. The summed E-state index contributed by atoms with van der Waals surface area (Å²) in [7, 11) is 0. The van der Waals surface area contributed by atoms with E-state index in [1.807, 2.05) is 38.1 Å². The third-order valence-corrected chi connectivity index (χ3v) is 4.43. The Labute approximate surface area is 152 Å². The fraction of sp³-hybridized carbons (Fsp3) is 0.421. The standard InChI is InChI=1S/C19H25N3O4/c1-12-8-5-6-9-14(12)13(2)21-17-16(18(24)19(17)25)20-11-7-3-4-10-15(23)22-26/h5-6,8-9,13,20-21,26H,3-4,7,10-11H2,1-2H3,(H,22,23)/t13-/m0/s1. The van der Waals surface area contributed by atoms with Crippen LogP contribution in [0.2, 0.25) is 0 Å². The molecule has 26 heavy (non-hydrogen) atoms. The van der Waals surface area contributed by atoms with Gasteiger partial charge in [-0.25, -0.2) is 5.48 Å². The number of carbonyl (C=O) groups excluding carboxylic acids is 1. The van der Waals surface area contributed by atoms with Crippen molar-refractivity contribution in [3.8, 4) is 0 Å². The van der Waals surface area contributed by atoms with Crippen LogP contribution in [0.3, 0.4) is 0 Å². The number of amides is 1. The van der Waals surface area contributed by atoms with Gasteiger partial charge in [0, 0.05) is 19.0 Å². The maximum atomic E-state index is 11.9. The van der Waals surface area contributed by atoms with E-state index in [-0.39, 0.29) is 12.5 Å². The van der Waals surface area contributed by atoms with E-state index in [1.54, 1.807) is 5.48 Å². The molecule has 0 saturated heterocycles. The molecule has 2 aromatic carbocycles. The number of anilines is 2. The van der Waals surface area contributed by atoms with Gasteiger partial charge in [0.2, 0.25) is 5.91 Å². The number of hydrogen-bond donors (Lipinski definition) is 4. The van der Waals surface area contributed by atoms with Gasteiger partial charge in [-0.1, -0.05) is 30.7 Å². The third kappa shape index (κ3) is 4.70. The summed E-state index contributed by atoms with van der Waals surface area (Å²) in [5.41, 5.74) is 3.47. The highest BCUT2D eigenvalue weighted by Crippen LogP contribution is 2.24. The Hall–Kier alpha value is -2.67. The maximum Gasteiger partial charge on any atom is 0.253 e. The molecular weight excluding hydrogens is 334 g/mol. The monoisotopic (exact) mass is 359 g/mol. The molecule has 0 unspecified atom stereocenters. The SMILES string of the molecule is Cc1ccccc1[C@H](C)Nc1c(NCCCCCC(=O)NO)c(=O)c1=O. The summed E-state index contributed by atoms with van der Waals surface area (Å²) in [4.78, 5) is 34.6. The molecule has 0 radical (unpaired) electrons. The van der Waals surface area contributed by atoms with Gasteiger partial charge in [-0.3, -0.25) is 19.6 Å². The summed E-state index contributed by atoms with van der Waals surface area (Å²) in [6.07, 6.45) is 2.44. The van der Waals surface area contributed by atoms with Crippen molar-refractivity contribution in [2.75, 3.05) is 17.2 Å². The number of aryl methyl sites for hydroxylation is 1. The van der Waals surface area contributed by atoms with Gasteiger partial charge in [0.05, 0.1) is 0 Å². The van der Waals surface area contributed by atoms with Crippen molar-refractivity contribution in [1.29, 1.82) is 0 Å². The van der Waals surface area contributed by atoms with Gasteiger partial charge >= 0.3 is 0 Å². The second-order valence-electron chi connectivity index (χ2n) is 6.40. The van der Waals surface area contributed by atoms with E-state index in [9.17, 15) is 14.4 Å². The highest BCUT2D eigenvalue weighted by atomic mass is 16.5. The van der Waals surface area contributed by atoms with Crippen LogP contribution in [0.5, 0.6) is 0 Å². The molecule has 0 aliphatic carbocycles. The first-order valence-corrected chi connectivity index (χ1v) is 8.78. The Morgan fingerprint density at radius 2 is 1.77 bits per heavy atom. The van der Waals surface area contributed by atoms with E-state index >= 15 is 0 Å². The molecule has 7 heteroatoms. The molecule has 0 saturated carbocycles. The van der Waals surface area contributed by atoms with Crippen LogP contribution < -0.4 is 27.0 Å². The molecule has 0 aliphatic heterocycles. The van der Waals surface area contributed by atoms with Crippen molar-refractivity contribution in [3.63, 3.8) is 0 Å². The number of hydrogen-bond acceptors (Lipinski definition) is 6. The van der Waals surface area contributed by atoms with Crippen molar-refractivity contribution >= 4 is 17.3 Å². The molecule has 2 rings (SSSR count). The summed E-state index contributed by atoms with van der Waals surface area (Å²) in [6.45, 7) is 4.50. The fourth-order valence-electron chi connectivity index (χ4n) is 2.92. The van der Waals surface area contributed by atoms with Crippen LogP contribution in [0.4, 0.5) is 11.4 Å². The topological polar surface area (TPSA) is 108 Å². The van der Waals surface area contributed by atoms with Gasteiger partial charge in [0.25, 0.3) is 10.9 Å². The highest BCUT2D eigenvalue weighted by molar-refractivity contribution is 5.75. The van der Waals surface area contributed by atoms with Crippen molar-refractivity contribution in [2.45, 2.75) is 45.6 Å². The third-order valence-electron chi connectivity index (χ3n) is 4.43. The van der Waals surface area contributed by atoms with Crippen molar-refractivity contribution in [1.82, 2.24) is 5.48 Å². The average molecular weight is 359 g/mol. The fourth-order valence-corrected chi connectivity index (χ4v) is 2.92.